The first-order chi connectivity index (χ1) is 6.16. The number of rotatable bonds is 1. The number of nitrogens with two attached hydrogens (primary N) is 1. The highest BCUT2D eigenvalue weighted by molar-refractivity contribution is 6.44. The van der Waals surface area contributed by atoms with E-state index >= 15 is 0 Å². The van der Waals surface area contributed by atoms with Crippen LogP contribution in [0.25, 0.3) is 6.08 Å². The third kappa shape index (κ3) is 2.15. The van der Waals surface area contributed by atoms with E-state index in [2.05, 4.69) is 0 Å². The Kier molecular flexibility index (Phi) is 3.18. The predicted molar refractivity (Wildman–Crippen MR) is 55.5 cm³/mol. The van der Waals surface area contributed by atoms with Gasteiger partial charge in [-0.2, -0.15) is 5.26 Å². The SMILES string of the molecule is N#CC=Cc1ccc(N)c(Cl)c1Cl. The standard InChI is InChI=1S/C9H6Cl2N2/c10-8-6(2-1-5-12)3-4-7(13)9(8)11/h1-4H,13H2. The fourth-order valence-electron chi connectivity index (χ4n) is 0.835. The first-order valence-corrected chi connectivity index (χ1v) is 4.22. The van der Waals surface area contributed by atoms with E-state index in [0.717, 1.165) is 0 Å². The molecule has 0 amide bonds. The molecule has 0 bridgehead atoms. The van der Waals surface area contributed by atoms with Gasteiger partial charge in [0.2, 0.25) is 0 Å². The summed E-state index contributed by atoms with van der Waals surface area (Å²) >= 11 is 11.6. The molecule has 66 valence electrons. The van der Waals surface area contributed by atoms with E-state index in [9.17, 15) is 0 Å². The lowest BCUT2D eigenvalue weighted by Gasteiger charge is -2.02. The molecule has 0 heterocycles. The Morgan fingerprint density at radius 2 is 2.00 bits per heavy atom. The van der Waals surface area contributed by atoms with Crippen molar-refractivity contribution in [2.24, 2.45) is 0 Å². The van der Waals surface area contributed by atoms with Gasteiger partial charge in [-0.1, -0.05) is 29.3 Å². The van der Waals surface area contributed by atoms with Crippen molar-refractivity contribution in [1.29, 1.82) is 5.26 Å². The fourth-order valence-corrected chi connectivity index (χ4v) is 1.24. The molecule has 0 spiro atoms. The summed E-state index contributed by atoms with van der Waals surface area (Å²) in [5.74, 6) is 0. The van der Waals surface area contributed by atoms with Gasteiger partial charge < -0.3 is 5.73 Å². The first kappa shape index (κ1) is 9.91. The average Bonchev–Trinajstić information content (AvgIpc) is 2.13. The molecular formula is C9H6Cl2N2. The van der Waals surface area contributed by atoms with Crippen molar-refractivity contribution in [3.8, 4) is 6.07 Å². The lowest BCUT2D eigenvalue weighted by Crippen LogP contribution is -1.87. The number of nitrogen functional groups attached to an aromatic ring is 1. The van der Waals surface area contributed by atoms with Crippen molar-refractivity contribution in [1.82, 2.24) is 0 Å². The smallest absolute Gasteiger partial charge is 0.0912 e. The number of allylic oxidation sites excluding steroid dienone is 1. The highest BCUT2D eigenvalue weighted by Gasteiger charge is 2.04. The number of hydrogen-bond acceptors (Lipinski definition) is 2. The highest BCUT2D eigenvalue weighted by Crippen LogP contribution is 2.31. The Bertz CT molecular complexity index is 391. The van der Waals surface area contributed by atoms with Gasteiger partial charge in [0.1, 0.15) is 0 Å². The molecule has 0 saturated carbocycles. The minimum absolute atomic E-state index is 0.321. The quantitative estimate of drug-likeness (QED) is 0.575. The summed E-state index contributed by atoms with van der Waals surface area (Å²) < 4.78 is 0. The van der Waals surface area contributed by atoms with Crippen LogP contribution in [0.2, 0.25) is 10.0 Å². The zero-order valence-corrected chi connectivity index (χ0v) is 8.10. The van der Waals surface area contributed by atoms with Gasteiger partial charge in [-0.15, -0.1) is 0 Å². The van der Waals surface area contributed by atoms with Gasteiger partial charge in [0.15, 0.2) is 0 Å². The van der Waals surface area contributed by atoms with E-state index in [1.807, 2.05) is 6.07 Å². The van der Waals surface area contributed by atoms with Gasteiger partial charge in [0, 0.05) is 6.08 Å². The second-order valence-corrected chi connectivity index (χ2v) is 3.09. The Balaban J connectivity index is 3.20. The van der Waals surface area contributed by atoms with E-state index < -0.39 is 0 Å². The molecule has 4 heteroatoms. The van der Waals surface area contributed by atoms with Crippen LogP contribution in [0.5, 0.6) is 0 Å². The molecule has 0 fully saturated rings. The average molecular weight is 213 g/mol. The normalized spacial score (nSPS) is 10.2. The minimum atomic E-state index is 0.321. The molecule has 0 unspecified atom stereocenters. The van der Waals surface area contributed by atoms with Crippen LogP contribution in [0.15, 0.2) is 18.2 Å². The summed E-state index contributed by atoms with van der Waals surface area (Å²) in [6, 6.07) is 5.21. The molecule has 0 aliphatic rings. The van der Waals surface area contributed by atoms with Crippen molar-refractivity contribution in [3.63, 3.8) is 0 Å². The van der Waals surface area contributed by atoms with Crippen LogP contribution < -0.4 is 5.73 Å². The lowest BCUT2D eigenvalue weighted by molar-refractivity contribution is 1.54. The van der Waals surface area contributed by atoms with Gasteiger partial charge in [0.05, 0.1) is 21.8 Å². The molecule has 0 radical (unpaired) electrons. The van der Waals surface area contributed by atoms with E-state index in [1.165, 1.54) is 6.08 Å². The molecule has 2 nitrogen and oxygen atoms in total. The molecule has 1 rings (SSSR count). The number of nitrogens with zero attached hydrogens (tertiary/aromatic N) is 1. The Morgan fingerprint density at radius 3 is 2.62 bits per heavy atom. The van der Waals surface area contributed by atoms with E-state index in [4.69, 9.17) is 34.2 Å². The lowest BCUT2D eigenvalue weighted by atomic mass is 10.2. The molecular weight excluding hydrogens is 207 g/mol. The van der Waals surface area contributed by atoms with Crippen molar-refractivity contribution in [2.75, 3.05) is 5.73 Å². The van der Waals surface area contributed by atoms with Gasteiger partial charge in [0.25, 0.3) is 0 Å². The summed E-state index contributed by atoms with van der Waals surface area (Å²) in [5.41, 5.74) is 6.63. The Labute approximate surface area is 86.2 Å². The summed E-state index contributed by atoms with van der Waals surface area (Å²) in [6.07, 6.45) is 2.90. The summed E-state index contributed by atoms with van der Waals surface area (Å²) in [4.78, 5) is 0. The second-order valence-electron chi connectivity index (χ2n) is 2.33. The van der Waals surface area contributed by atoms with Crippen LogP contribution >= 0.6 is 23.2 Å². The van der Waals surface area contributed by atoms with Crippen molar-refractivity contribution in [2.45, 2.75) is 0 Å². The zero-order chi connectivity index (χ0) is 9.84. The monoisotopic (exact) mass is 212 g/mol. The maximum Gasteiger partial charge on any atom is 0.0912 e. The summed E-state index contributed by atoms with van der Waals surface area (Å²) in [5, 5.41) is 8.99. The molecule has 0 atom stereocenters. The molecule has 1 aromatic rings. The number of benzene rings is 1. The topological polar surface area (TPSA) is 49.8 Å². The molecule has 0 aromatic heterocycles. The van der Waals surface area contributed by atoms with Gasteiger partial charge in [-0.3, -0.25) is 0 Å². The van der Waals surface area contributed by atoms with Gasteiger partial charge in [-0.25, -0.2) is 0 Å². The van der Waals surface area contributed by atoms with E-state index in [-0.39, 0.29) is 0 Å². The van der Waals surface area contributed by atoms with Crippen LogP contribution in [0.4, 0.5) is 5.69 Å². The molecule has 13 heavy (non-hydrogen) atoms. The van der Waals surface area contributed by atoms with Crippen LogP contribution in [0.3, 0.4) is 0 Å². The largest absolute Gasteiger partial charge is 0.397 e. The van der Waals surface area contributed by atoms with Crippen LogP contribution in [-0.4, -0.2) is 0 Å². The second kappa shape index (κ2) is 4.18. The first-order valence-electron chi connectivity index (χ1n) is 3.46. The third-order valence-corrected chi connectivity index (χ3v) is 2.39. The van der Waals surface area contributed by atoms with Crippen molar-refractivity contribution < 1.29 is 0 Å². The summed E-state index contributed by atoms with van der Waals surface area (Å²) in [7, 11) is 0. The summed E-state index contributed by atoms with van der Waals surface area (Å²) in [6.45, 7) is 0. The van der Waals surface area contributed by atoms with Crippen LogP contribution in [-0.2, 0) is 0 Å². The Hall–Kier alpha value is -1.17. The van der Waals surface area contributed by atoms with Crippen molar-refractivity contribution >= 4 is 35.0 Å². The maximum absolute atomic E-state index is 8.30. The maximum atomic E-state index is 8.30. The van der Waals surface area contributed by atoms with E-state index in [1.54, 1.807) is 18.2 Å². The van der Waals surface area contributed by atoms with Gasteiger partial charge >= 0.3 is 0 Å². The zero-order valence-electron chi connectivity index (χ0n) is 6.59. The fraction of sp³-hybridized carbons (Fsp3) is 0. The molecule has 0 saturated heterocycles. The van der Waals surface area contributed by atoms with Crippen LogP contribution in [0, 0.1) is 11.3 Å². The van der Waals surface area contributed by atoms with Crippen LogP contribution in [0.1, 0.15) is 5.56 Å². The number of halogens is 2. The van der Waals surface area contributed by atoms with Crippen molar-refractivity contribution in [3.05, 3.63) is 33.8 Å². The van der Waals surface area contributed by atoms with E-state index in [0.29, 0.717) is 21.3 Å². The molecule has 2 N–H and O–H groups in total. The highest BCUT2D eigenvalue weighted by atomic mass is 35.5. The minimum Gasteiger partial charge on any atom is -0.397 e. The Morgan fingerprint density at radius 1 is 1.31 bits per heavy atom. The molecule has 1 aromatic carbocycles. The molecule has 0 aliphatic heterocycles. The molecule has 0 aliphatic carbocycles. The number of hydrogen-bond donors (Lipinski definition) is 1. The number of anilines is 1. The number of nitriles is 1. The predicted octanol–water partition coefficient (Wildman–Crippen LogP) is 3.11. The van der Waals surface area contributed by atoms with Gasteiger partial charge in [-0.05, 0) is 17.7 Å². The third-order valence-electron chi connectivity index (χ3n) is 1.48.